The van der Waals surface area contributed by atoms with Gasteiger partial charge < -0.3 is 5.73 Å². The van der Waals surface area contributed by atoms with Gasteiger partial charge >= 0.3 is 0 Å². The van der Waals surface area contributed by atoms with Crippen LogP contribution in [0.5, 0.6) is 0 Å². The first kappa shape index (κ1) is 12.5. The predicted octanol–water partition coefficient (Wildman–Crippen LogP) is 3.30. The van der Waals surface area contributed by atoms with Crippen LogP contribution in [0.2, 0.25) is 10.0 Å². The van der Waals surface area contributed by atoms with Gasteiger partial charge in [-0.2, -0.15) is 0 Å². The number of carbonyl (C=O) groups is 1. The first-order valence-electron chi connectivity index (χ1n) is 4.57. The highest BCUT2D eigenvalue weighted by Crippen LogP contribution is 2.23. The second kappa shape index (κ2) is 4.52. The van der Waals surface area contributed by atoms with E-state index in [-0.39, 0.29) is 12.2 Å². The molecule has 2 N–H and O–H groups in total. The SMILES string of the molecule is CC(C)(N)CC(=O)c1cc(Cl)ccc1Cl. The van der Waals surface area contributed by atoms with E-state index in [1.807, 2.05) is 0 Å². The summed E-state index contributed by atoms with van der Waals surface area (Å²) in [6.45, 7) is 3.59. The van der Waals surface area contributed by atoms with Crippen molar-refractivity contribution in [2.45, 2.75) is 25.8 Å². The molecule has 0 saturated carbocycles. The topological polar surface area (TPSA) is 43.1 Å². The molecule has 0 aliphatic carbocycles. The predicted molar refractivity (Wildman–Crippen MR) is 63.7 cm³/mol. The molecule has 1 rings (SSSR count). The number of hydrogen-bond acceptors (Lipinski definition) is 2. The molecule has 0 amide bonds. The average molecular weight is 246 g/mol. The molecule has 4 heteroatoms. The van der Waals surface area contributed by atoms with E-state index in [1.165, 1.54) is 0 Å². The van der Waals surface area contributed by atoms with Crippen LogP contribution in [0.3, 0.4) is 0 Å². The van der Waals surface area contributed by atoms with Crippen LogP contribution in [-0.4, -0.2) is 11.3 Å². The van der Waals surface area contributed by atoms with Gasteiger partial charge in [0.25, 0.3) is 0 Å². The molecule has 0 aliphatic rings. The Kier molecular flexibility index (Phi) is 3.77. The Morgan fingerprint density at radius 1 is 1.40 bits per heavy atom. The fourth-order valence-electron chi connectivity index (χ4n) is 1.22. The molecule has 0 fully saturated rings. The summed E-state index contributed by atoms with van der Waals surface area (Å²) in [5.41, 5.74) is 5.66. The Hall–Kier alpha value is -0.570. The molecular formula is C11H13Cl2NO. The number of nitrogens with two attached hydrogens (primary N) is 1. The molecule has 0 aliphatic heterocycles. The average Bonchev–Trinajstić information content (AvgIpc) is 2.06. The van der Waals surface area contributed by atoms with Crippen LogP contribution in [0.15, 0.2) is 18.2 Å². The monoisotopic (exact) mass is 245 g/mol. The number of Topliss-reactive ketones (excluding diaryl/α,β-unsaturated/α-hetero) is 1. The fourth-order valence-corrected chi connectivity index (χ4v) is 1.62. The molecule has 1 aromatic carbocycles. The summed E-state index contributed by atoms with van der Waals surface area (Å²) in [5, 5.41) is 0.909. The third-order valence-electron chi connectivity index (χ3n) is 1.84. The number of rotatable bonds is 3. The number of carbonyl (C=O) groups excluding carboxylic acids is 1. The van der Waals surface area contributed by atoms with Crippen molar-refractivity contribution in [3.63, 3.8) is 0 Å². The zero-order valence-electron chi connectivity index (χ0n) is 8.68. The van der Waals surface area contributed by atoms with Gasteiger partial charge in [-0.3, -0.25) is 4.79 Å². The van der Waals surface area contributed by atoms with E-state index in [0.717, 1.165) is 0 Å². The smallest absolute Gasteiger partial charge is 0.166 e. The van der Waals surface area contributed by atoms with Gasteiger partial charge in [0.1, 0.15) is 0 Å². The molecule has 0 aromatic heterocycles. The van der Waals surface area contributed by atoms with Crippen LogP contribution in [0.4, 0.5) is 0 Å². The van der Waals surface area contributed by atoms with Crippen molar-refractivity contribution in [1.82, 2.24) is 0 Å². The van der Waals surface area contributed by atoms with Crippen molar-refractivity contribution in [3.8, 4) is 0 Å². The van der Waals surface area contributed by atoms with Crippen LogP contribution < -0.4 is 5.73 Å². The van der Waals surface area contributed by atoms with Gasteiger partial charge in [-0.15, -0.1) is 0 Å². The molecule has 82 valence electrons. The van der Waals surface area contributed by atoms with Crippen LogP contribution in [0.1, 0.15) is 30.6 Å². The van der Waals surface area contributed by atoms with Crippen molar-refractivity contribution < 1.29 is 4.79 Å². The highest BCUT2D eigenvalue weighted by molar-refractivity contribution is 6.35. The normalized spacial score (nSPS) is 11.5. The minimum Gasteiger partial charge on any atom is -0.325 e. The van der Waals surface area contributed by atoms with Gasteiger partial charge in [0.15, 0.2) is 5.78 Å². The van der Waals surface area contributed by atoms with E-state index in [2.05, 4.69) is 0 Å². The summed E-state index contributed by atoms with van der Waals surface area (Å²) in [5.74, 6) is -0.0880. The van der Waals surface area contributed by atoms with Gasteiger partial charge in [0, 0.05) is 22.5 Å². The lowest BCUT2D eigenvalue weighted by molar-refractivity contribution is 0.0960. The lowest BCUT2D eigenvalue weighted by atomic mass is 9.95. The van der Waals surface area contributed by atoms with Crippen molar-refractivity contribution in [2.24, 2.45) is 5.73 Å². The molecule has 0 heterocycles. The van der Waals surface area contributed by atoms with Crippen LogP contribution in [-0.2, 0) is 0 Å². The number of hydrogen-bond donors (Lipinski definition) is 1. The maximum Gasteiger partial charge on any atom is 0.166 e. The molecule has 0 bridgehead atoms. The number of ketones is 1. The van der Waals surface area contributed by atoms with Crippen LogP contribution >= 0.6 is 23.2 Å². The fraction of sp³-hybridized carbons (Fsp3) is 0.364. The van der Waals surface area contributed by atoms with E-state index < -0.39 is 5.54 Å². The molecule has 15 heavy (non-hydrogen) atoms. The first-order valence-corrected chi connectivity index (χ1v) is 5.32. The maximum absolute atomic E-state index is 11.8. The molecule has 0 saturated heterocycles. The Morgan fingerprint density at radius 2 is 2.00 bits per heavy atom. The van der Waals surface area contributed by atoms with Crippen molar-refractivity contribution in [1.29, 1.82) is 0 Å². The molecule has 0 atom stereocenters. The minimum absolute atomic E-state index is 0.0880. The van der Waals surface area contributed by atoms with E-state index in [0.29, 0.717) is 15.6 Å². The Labute approximate surface area is 99.4 Å². The van der Waals surface area contributed by atoms with Crippen LogP contribution in [0.25, 0.3) is 0 Å². The van der Waals surface area contributed by atoms with Gasteiger partial charge in [0.2, 0.25) is 0 Å². The molecule has 2 nitrogen and oxygen atoms in total. The summed E-state index contributed by atoms with van der Waals surface area (Å²) in [6, 6.07) is 4.83. The largest absolute Gasteiger partial charge is 0.325 e. The molecular weight excluding hydrogens is 233 g/mol. The molecule has 0 unspecified atom stereocenters. The minimum atomic E-state index is -0.539. The zero-order chi connectivity index (χ0) is 11.6. The lowest BCUT2D eigenvalue weighted by Crippen LogP contribution is -2.34. The molecule has 0 radical (unpaired) electrons. The zero-order valence-corrected chi connectivity index (χ0v) is 10.2. The number of benzene rings is 1. The highest BCUT2D eigenvalue weighted by atomic mass is 35.5. The summed E-state index contributed by atoms with van der Waals surface area (Å²) < 4.78 is 0. The van der Waals surface area contributed by atoms with E-state index >= 15 is 0 Å². The van der Waals surface area contributed by atoms with Gasteiger partial charge in [-0.1, -0.05) is 23.2 Å². The second-order valence-electron chi connectivity index (χ2n) is 4.21. The summed E-state index contributed by atoms with van der Waals surface area (Å²) >= 11 is 11.7. The quantitative estimate of drug-likeness (QED) is 0.831. The van der Waals surface area contributed by atoms with E-state index in [4.69, 9.17) is 28.9 Å². The Balaban J connectivity index is 2.96. The Bertz CT molecular complexity index is 383. The summed E-state index contributed by atoms with van der Waals surface area (Å²) in [7, 11) is 0. The van der Waals surface area contributed by atoms with E-state index in [1.54, 1.807) is 32.0 Å². The first-order chi connectivity index (χ1) is 6.79. The summed E-state index contributed by atoms with van der Waals surface area (Å²) in [4.78, 5) is 11.8. The van der Waals surface area contributed by atoms with E-state index in [9.17, 15) is 4.79 Å². The van der Waals surface area contributed by atoms with Crippen LogP contribution in [0, 0.1) is 0 Å². The lowest BCUT2D eigenvalue weighted by Gasteiger charge is -2.17. The Morgan fingerprint density at radius 3 is 2.53 bits per heavy atom. The number of halogens is 2. The third kappa shape index (κ3) is 3.82. The molecule has 0 spiro atoms. The third-order valence-corrected chi connectivity index (χ3v) is 2.41. The van der Waals surface area contributed by atoms with Gasteiger partial charge in [0.05, 0.1) is 5.02 Å². The van der Waals surface area contributed by atoms with Crippen molar-refractivity contribution in [2.75, 3.05) is 0 Å². The maximum atomic E-state index is 11.8. The van der Waals surface area contributed by atoms with Crippen molar-refractivity contribution >= 4 is 29.0 Å². The standard InChI is InChI=1S/C11H13Cl2NO/c1-11(2,14)6-10(15)8-5-7(12)3-4-9(8)13/h3-5H,6,14H2,1-2H3. The van der Waals surface area contributed by atoms with Gasteiger partial charge in [-0.05, 0) is 32.0 Å². The summed E-state index contributed by atoms with van der Waals surface area (Å²) in [6.07, 6.45) is 0.243. The van der Waals surface area contributed by atoms with Crippen molar-refractivity contribution in [3.05, 3.63) is 33.8 Å². The highest BCUT2D eigenvalue weighted by Gasteiger charge is 2.19. The van der Waals surface area contributed by atoms with Gasteiger partial charge in [-0.25, -0.2) is 0 Å². The molecule has 1 aromatic rings. The second-order valence-corrected chi connectivity index (χ2v) is 5.06.